The lowest BCUT2D eigenvalue weighted by atomic mass is 9.74. The van der Waals surface area contributed by atoms with Gasteiger partial charge in [-0.25, -0.2) is 0 Å². The van der Waals surface area contributed by atoms with Gasteiger partial charge in [-0.3, -0.25) is 4.79 Å². The maximum atomic E-state index is 13.2. The van der Waals surface area contributed by atoms with Gasteiger partial charge in [0.2, 0.25) is 5.91 Å². The minimum absolute atomic E-state index is 0.0618. The molecule has 1 fully saturated rings. The molecule has 1 amide bonds. The molecule has 1 N–H and O–H groups in total. The summed E-state index contributed by atoms with van der Waals surface area (Å²) < 4.78 is 79.3. The summed E-state index contributed by atoms with van der Waals surface area (Å²) in [5, 5.41) is 2.94. The zero-order valence-electron chi connectivity index (χ0n) is 17.4. The van der Waals surface area contributed by atoms with E-state index in [4.69, 9.17) is 0 Å². The van der Waals surface area contributed by atoms with Crippen molar-refractivity contribution >= 4 is 5.91 Å². The molecule has 1 aliphatic carbocycles. The van der Waals surface area contributed by atoms with Gasteiger partial charge in [-0.15, -0.1) is 0 Å². The quantitative estimate of drug-likeness (QED) is 0.392. The third-order valence-electron chi connectivity index (χ3n) is 6.00. The molecule has 0 spiro atoms. The van der Waals surface area contributed by atoms with Crippen molar-refractivity contribution in [3.8, 4) is 0 Å². The van der Waals surface area contributed by atoms with Gasteiger partial charge in [-0.2, -0.15) is 26.3 Å². The molecule has 0 radical (unpaired) electrons. The Kier molecular flexibility index (Phi) is 6.45. The predicted molar refractivity (Wildman–Crippen MR) is 109 cm³/mol. The number of carbonyl (C=O) groups is 1. The molecular formula is C24H23F6NO. The topological polar surface area (TPSA) is 29.1 Å². The summed E-state index contributed by atoms with van der Waals surface area (Å²) in [6.45, 7) is 5.29. The van der Waals surface area contributed by atoms with Gasteiger partial charge in [0, 0.05) is 0 Å². The molecular weight excluding hydrogens is 432 g/mol. The van der Waals surface area contributed by atoms with Crippen molar-refractivity contribution in [3.05, 3.63) is 82.9 Å². The lowest BCUT2D eigenvalue weighted by molar-refractivity contribution is -0.143. The Morgan fingerprint density at radius 2 is 1.44 bits per heavy atom. The number of benzene rings is 2. The molecule has 0 bridgehead atoms. The number of hydrogen-bond donors (Lipinski definition) is 1. The largest absolute Gasteiger partial charge is 0.416 e. The van der Waals surface area contributed by atoms with Crippen molar-refractivity contribution in [2.45, 2.75) is 56.4 Å². The second-order valence-corrected chi connectivity index (χ2v) is 8.25. The van der Waals surface area contributed by atoms with Crippen LogP contribution >= 0.6 is 0 Å². The van der Waals surface area contributed by atoms with Crippen molar-refractivity contribution in [2.24, 2.45) is 0 Å². The van der Waals surface area contributed by atoms with Crippen LogP contribution in [0.3, 0.4) is 0 Å². The molecule has 8 heteroatoms. The van der Waals surface area contributed by atoms with E-state index in [0.29, 0.717) is 37.8 Å². The van der Waals surface area contributed by atoms with Crippen LogP contribution in [0.5, 0.6) is 0 Å². The number of hydrogen-bond acceptors (Lipinski definition) is 1. The van der Waals surface area contributed by atoms with Gasteiger partial charge >= 0.3 is 12.4 Å². The molecule has 2 aromatic carbocycles. The summed E-state index contributed by atoms with van der Waals surface area (Å²) in [6.07, 6.45) is -7.53. The number of carbonyl (C=O) groups excluding carboxylic acids is 1. The Hall–Kier alpha value is -2.77. The highest BCUT2D eigenvalue weighted by Crippen LogP contribution is 2.41. The molecule has 0 saturated heterocycles. The Balaban J connectivity index is 1.96. The van der Waals surface area contributed by atoms with E-state index in [1.54, 1.807) is 0 Å². The summed E-state index contributed by atoms with van der Waals surface area (Å²) in [4.78, 5) is 13.1. The summed E-state index contributed by atoms with van der Waals surface area (Å²) in [7, 11) is 0. The van der Waals surface area contributed by atoms with E-state index in [2.05, 4.69) is 11.9 Å². The molecule has 32 heavy (non-hydrogen) atoms. The molecule has 0 aliphatic heterocycles. The molecule has 2 aromatic rings. The van der Waals surface area contributed by atoms with Gasteiger partial charge in [0.1, 0.15) is 0 Å². The van der Waals surface area contributed by atoms with E-state index in [-0.39, 0.29) is 11.6 Å². The highest BCUT2D eigenvalue weighted by Gasteiger charge is 2.40. The third-order valence-corrected chi connectivity index (χ3v) is 6.00. The first kappa shape index (κ1) is 23.9. The van der Waals surface area contributed by atoms with E-state index in [9.17, 15) is 31.1 Å². The van der Waals surface area contributed by atoms with E-state index in [1.165, 1.54) is 6.92 Å². The van der Waals surface area contributed by atoms with Crippen LogP contribution in [0.1, 0.15) is 60.8 Å². The van der Waals surface area contributed by atoms with Crippen LogP contribution in [0, 0.1) is 0 Å². The standard InChI is InChI=1S/C24H23F6NO/c1-15-8-10-22(11-9-15,18-6-4-3-5-7-18)31-21(32)16(2)17-12-19(23(25,26)27)14-20(13-17)24(28,29)30/h3-7,12-14,16H,1,8-11H2,2H3,(H,31,32). The fourth-order valence-corrected chi connectivity index (χ4v) is 4.00. The first-order valence-corrected chi connectivity index (χ1v) is 10.2. The molecule has 0 aromatic heterocycles. The fraction of sp³-hybridized carbons (Fsp3) is 0.375. The molecule has 0 heterocycles. The Bertz CT molecular complexity index is 952. The maximum Gasteiger partial charge on any atom is 0.416 e. The lowest BCUT2D eigenvalue weighted by Crippen LogP contribution is -2.48. The highest BCUT2D eigenvalue weighted by molar-refractivity contribution is 5.84. The predicted octanol–water partition coefficient (Wildman–Crippen LogP) is 6.97. The van der Waals surface area contributed by atoms with Crippen LogP contribution in [0.15, 0.2) is 60.7 Å². The average molecular weight is 455 g/mol. The van der Waals surface area contributed by atoms with Gasteiger partial charge in [0.05, 0.1) is 22.6 Å². The third kappa shape index (κ3) is 5.16. The van der Waals surface area contributed by atoms with E-state index in [1.807, 2.05) is 30.3 Å². The molecule has 172 valence electrons. The van der Waals surface area contributed by atoms with Gasteiger partial charge < -0.3 is 5.32 Å². The smallest absolute Gasteiger partial charge is 0.346 e. The fourth-order valence-electron chi connectivity index (χ4n) is 4.00. The van der Waals surface area contributed by atoms with Gasteiger partial charge in [-0.05, 0) is 61.9 Å². The number of alkyl halides is 6. The van der Waals surface area contributed by atoms with E-state index in [0.717, 1.165) is 11.1 Å². The monoisotopic (exact) mass is 455 g/mol. The summed E-state index contributed by atoms with van der Waals surface area (Å²) in [5.41, 5.74) is -2.10. The van der Waals surface area contributed by atoms with Crippen molar-refractivity contribution in [1.82, 2.24) is 5.32 Å². The molecule has 2 nitrogen and oxygen atoms in total. The Morgan fingerprint density at radius 1 is 0.938 bits per heavy atom. The first-order valence-electron chi connectivity index (χ1n) is 10.2. The SMILES string of the molecule is C=C1CCC(NC(=O)C(C)c2cc(C(F)(F)F)cc(C(F)(F)F)c2)(c2ccccc2)CC1. The summed E-state index contributed by atoms with van der Waals surface area (Å²) in [6, 6.07) is 10.4. The average Bonchev–Trinajstić information content (AvgIpc) is 2.74. The van der Waals surface area contributed by atoms with Gasteiger partial charge in [0.15, 0.2) is 0 Å². The molecule has 1 atom stereocenters. The maximum absolute atomic E-state index is 13.2. The second-order valence-electron chi connectivity index (χ2n) is 8.25. The number of rotatable bonds is 4. The van der Waals surface area contributed by atoms with Crippen LogP contribution in [0.2, 0.25) is 0 Å². The van der Waals surface area contributed by atoms with Crippen molar-refractivity contribution < 1.29 is 31.1 Å². The van der Waals surface area contributed by atoms with Crippen LogP contribution in [-0.4, -0.2) is 5.91 Å². The van der Waals surface area contributed by atoms with Crippen LogP contribution < -0.4 is 5.32 Å². The molecule has 1 unspecified atom stereocenters. The van der Waals surface area contributed by atoms with E-state index < -0.39 is 40.8 Å². The molecule has 1 saturated carbocycles. The first-order chi connectivity index (χ1) is 14.8. The minimum Gasteiger partial charge on any atom is -0.346 e. The summed E-state index contributed by atoms with van der Waals surface area (Å²) in [5.74, 6) is -1.85. The van der Waals surface area contributed by atoms with Gasteiger partial charge in [0.25, 0.3) is 0 Å². The molecule has 3 rings (SSSR count). The lowest BCUT2D eigenvalue weighted by Gasteiger charge is -2.40. The van der Waals surface area contributed by atoms with Crippen LogP contribution in [0.25, 0.3) is 0 Å². The second kappa shape index (κ2) is 8.64. The van der Waals surface area contributed by atoms with E-state index >= 15 is 0 Å². The van der Waals surface area contributed by atoms with Crippen molar-refractivity contribution in [1.29, 1.82) is 0 Å². The summed E-state index contributed by atoms with van der Waals surface area (Å²) >= 11 is 0. The zero-order chi connectivity index (χ0) is 23.7. The van der Waals surface area contributed by atoms with Crippen LogP contribution in [-0.2, 0) is 22.7 Å². The Labute approximate surface area is 182 Å². The Morgan fingerprint density at radius 3 is 1.91 bits per heavy atom. The van der Waals surface area contributed by atoms with Crippen LogP contribution in [0.4, 0.5) is 26.3 Å². The number of allylic oxidation sites excluding steroid dienone is 1. The zero-order valence-corrected chi connectivity index (χ0v) is 17.4. The van der Waals surface area contributed by atoms with Crippen molar-refractivity contribution in [3.63, 3.8) is 0 Å². The normalized spacial score (nSPS) is 17.7. The number of nitrogens with one attached hydrogen (secondary N) is 1. The van der Waals surface area contributed by atoms with Gasteiger partial charge in [-0.1, -0.05) is 42.5 Å². The number of halogens is 6. The van der Waals surface area contributed by atoms with Crippen molar-refractivity contribution in [2.75, 3.05) is 0 Å². The number of amides is 1. The minimum atomic E-state index is -4.97. The highest BCUT2D eigenvalue weighted by atomic mass is 19.4. The molecule has 1 aliphatic rings.